The zero-order valence-corrected chi connectivity index (χ0v) is 11.0. The van der Waals surface area contributed by atoms with E-state index in [1.165, 1.54) is 5.56 Å². The van der Waals surface area contributed by atoms with Crippen molar-refractivity contribution >= 4 is 0 Å². The SMILES string of the molecule is CCCC(O)CCC(CNC)c1ccccc1. The summed E-state index contributed by atoms with van der Waals surface area (Å²) in [6, 6.07) is 10.6. The first kappa shape index (κ1) is 14.2. The Kier molecular flexibility index (Phi) is 6.90. The van der Waals surface area contributed by atoms with Gasteiger partial charge in [-0.15, -0.1) is 0 Å². The van der Waals surface area contributed by atoms with E-state index >= 15 is 0 Å². The number of benzene rings is 1. The molecule has 1 aromatic carbocycles. The van der Waals surface area contributed by atoms with Gasteiger partial charge in [-0.25, -0.2) is 0 Å². The van der Waals surface area contributed by atoms with Crippen molar-refractivity contribution in [3.8, 4) is 0 Å². The van der Waals surface area contributed by atoms with Crippen molar-refractivity contribution in [1.29, 1.82) is 0 Å². The van der Waals surface area contributed by atoms with E-state index < -0.39 is 0 Å². The highest BCUT2D eigenvalue weighted by Gasteiger charge is 2.12. The summed E-state index contributed by atoms with van der Waals surface area (Å²) < 4.78 is 0. The number of likely N-dealkylation sites (N-methyl/N-ethyl adjacent to an activating group) is 1. The molecular formula is C15H25NO. The molecular weight excluding hydrogens is 210 g/mol. The summed E-state index contributed by atoms with van der Waals surface area (Å²) in [5, 5.41) is 13.0. The Bertz CT molecular complexity index is 286. The molecule has 2 nitrogen and oxygen atoms in total. The summed E-state index contributed by atoms with van der Waals surface area (Å²) in [6.45, 7) is 3.09. The highest BCUT2D eigenvalue weighted by atomic mass is 16.3. The topological polar surface area (TPSA) is 32.3 Å². The molecule has 1 aromatic rings. The fourth-order valence-corrected chi connectivity index (χ4v) is 2.23. The number of aliphatic hydroxyl groups excluding tert-OH is 1. The standard InChI is InChI=1S/C15H25NO/c1-3-7-15(17)11-10-14(12-16-2)13-8-5-4-6-9-13/h4-6,8-9,14-17H,3,7,10-12H2,1-2H3. The second kappa shape index (κ2) is 8.26. The second-order valence-electron chi connectivity index (χ2n) is 4.69. The van der Waals surface area contributed by atoms with Crippen LogP contribution in [0.15, 0.2) is 30.3 Å². The fourth-order valence-electron chi connectivity index (χ4n) is 2.23. The molecule has 17 heavy (non-hydrogen) atoms. The first-order valence-electron chi connectivity index (χ1n) is 6.65. The maximum Gasteiger partial charge on any atom is 0.0540 e. The average molecular weight is 235 g/mol. The third-order valence-corrected chi connectivity index (χ3v) is 3.19. The molecule has 2 atom stereocenters. The van der Waals surface area contributed by atoms with E-state index in [1.807, 2.05) is 13.1 Å². The summed E-state index contributed by atoms with van der Waals surface area (Å²) in [4.78, 5) is 0. The van der Waals surface area contributed by atoms with Crippen molar-refractivity contribution in [3.05, 3.63) is 35.9 Å². The number of hydrogen-bond donors (Lipinski definition) is 2. The molecule has 0 aliphatic heterocycles. The normalized spacial score (nSPS) is 14.5. The molecule has 0 saturated carbocycles. The molecule has 0 radical (unpaired) electrons. The first-order valence-corrected chi connectivity index (χ1v) is 6.65. The van der Waals surface area contributed by atoms with Crippen molar-refractivity contribution in [2.24, 2.45) is 0 Å². The highest BCUT2D eigenvalue weighted by molar-refractivity contribution is 5.19. The van der Waals surface area contributed by atoms with Crippen LogP contribution in [0.4, 0.5) is 0 Å². The Morgan fingerprint density at radius 3 is 2.41 bits per heavy atom. The minimum absolute atomic E-state index is 0.136. The van der Waals surface area contributed by atoms with Gasteiger partial charge in [-0.1, -0.05) is 43.7 Å². The van der Waals surface area contributed by atoms with Gasteiger partial charge in [-0.3, -0.25) is 0 Å². The molecule has 1 rings (SSSR count). The monoisotopic (exact) mass is 235 g/mol. The second-order valence-corrected chi connectivity index (χ2v) is 4.69. The Morgan fingerprint density at radius 1 is 1.12 bits per heavy atom. The zero-order valence-electron chi connectivity index (χ0n) is 11.0. The molecule has 0 saturated heterocycles. The molecule has 0 aliphatic rings. The minimum atomic E-state index is -0.136. The van der Waals surface area contributed by atoms with Gasteiger partial charge >= 0.3 is 0 Å². The molecule has 96 valence electrons. The van der Waals surface area contributed by atoms with E-state index in [4.69, 9.17) is 0 Å². The lowest BCUT2D eigenvalue weighted by atomic mass is 9.92. The summed E-state index contributed by atoms with van der Waals surface area (Å²) in [6.07, 6.45) is 3.79. The van der Waals surface area contributed by atoms with Crippen LogP contribution in [-0.2, 0) is 0 Å². The van der Waals surface area contributed by atoms with Gasteiger partial charge in [0.1, 0.15) is 0 Å². The van der Waals surface area contributed by atoms with Crippen molar-refractivity contribution in [1.82, 2.24) is 5.32 Å². The lowest BCUT2D eigenvalue weighted by molar-refractivity contribution is 0.148. The van der Waals surface area contributed by atoms with Crippen LogP contribution in [0.2, 0.25) is 0 Å². The van der Waals surface area contributed by atoms with Crippen LogP contribution >= 0.6 is 0 Å². The van der Waals surface area contributed by atoms with Crippen LogP contribution in [0, 0.1) is 0 Å². The molecule has 0 heterocycles. The van der Waals surface area contributed by atoms with E-state index in [2.05, 4.69) is 36.5 Å². The number of hydrogen-bond acceptors (Lipinski definition) is 2. The van der Waals surface area contributed by atoms with E-state index in [0.29, 0.717) is 5.92 Å². The minimum Gasteiger partial charge on any atom is -0.393 e. The zero-order chi connectivity index (χ0) is 12.5. The van der Waals surface area contributed by atoms with Crippen LogP contribution < -0.4 is 5.32 Å². The van der Waals surface area contributed by atoms with E-state index in [-0.39, 0.29) is 6.10 Å². The smallest absolute Gasteiger partial charge is 0.0540 e. The molecule has 0 amide bonds. The Morgan fingerprint density at radius 2 is 1.82 bits per heavy atom. The number of aliphatic hydroxyl groups is 1. The number of nitrogens with one attached hydrogen (secondary N) is 1. The van der Waals surface area contributed by atoms with Gasteiger partial charge in [-0.2, -0.15) is 0 Å². The van der Waals surface area contributed by atoms with Crippen molar-refractivity contribution in [3.63, 3.8) is 0 Å². The highest BCUT2D eigenvalue weighted by Crippen LogP contribution is 2.22. The molecule has 0 spiro atoms. The molecule has 2 N–H and O–H groups in total. The molecule has 0 aromatic heterocycles. The van der Waals surface area contributed by atoms with E-state index in [1.54, 1.807) is 0 Å². The lowest BCUT2D eigenvalue weighted by Crippen LogP contribution is -2.19. The Balaban J connectivity index is 2.49. The molecule has 0 fully saturated rings. The predicted octanol–water partition coefficient (Wildman–Crippen LogP) is 2.93. The maximum absolute atomic E-state index is 9.79. The van der Waals surface area contributed by atoms with Gasteiger partial charge < -0.3 is 10.4 Å². The summed E-state index contributed by atoms with van der Waals surface area (Å²) in [5.74, 6) is 0.507. The van der Waals surface area contributed by atoms with Crippen molar-refractivity contribution in [2.45, 2.75) is 44.6 Å². The fraction of sp³-hybridized carbons (Fsp3) is 0.600. The summed E-state index contributed by atoms with van der Waals surface area (Å²) in [5.41, 5.74) is 1.37. The summed E-state index contributed by atoms with van der Waals surface area (Å²) in [7, 11) is 1.98. The maximum atomic E-state index is 9.79. The molecule has 2 heteroatoms. The first-order chi connectivity index (χ1) is 8.27. The van der Waals surface area contributed by atoms with Crippen molar-refractivity contribution in [2.75, 3.05) is 13.6 Å². The van der Waals surface area contributed by atoms with Gasteiger partial charge in [0, 0.05) is 6.54 Å². The van der Waals surface area contributed by atoms with Gasteiger partial charge in [-0.05, 0) is 37.8 Å². The molecule has 0 aliphatic carbocycles. The van der Waals surface area contributed by atoms with Gasteiger partial charge in [0.25, 0.3) is 0 Å². The summed E-state index contributed by atoms with van der Waals surface area (Å²) >= 11 is 0. The lowest BCUT2D eigenvalue weighted by Gasteiger charge is -2.18. The van der Waals surface area contributed by atoms with Gasteiger partial charge in [0.15, 0.2) is 0 Å². The predicted molar refractivity (Wildman–Crippen MR) is 73.3 cm³/mol. The Labute approximate surface area is 105 Å². The third-order valence-electron chi connectivity index (χ3n) is 3.19. The largest absolute Gasteiger partial charge is 0.393 e. The quantitative estimate of drug-likeness (QED) is 0.726. The Hall–Kier alpha value is -0.860. The van der Waals surface area contributed by atoms with E-state index in [9.17, 15) is 5.11 Å². The van der Waals surface area contributed by atoms with Crippen LogP contribution in [0.25, 0.3) is 0 Å². The van der Waals surface area contributed by atoms with E-state index in [0.717, 1.165) is 32.2 Å². The van der Waals surface area contributed by atoms with Crippen LogP contribution in [0.5, 0.6) is 0 Å². The third kappa shape index (κ3) is 5.33. The van der Waals surface area contributed by atoms with Crippen LogP contribution in [0.3, 0.4) is 0 Å². The van der Waals surface area contributed by atoms with Gasteiger partial charge in [0.05, 0.1) is 6.10 Å². The van der Waals surface area contributed by atoms with Crippen molar-refractivity contribution < 1.29 is 5.11 Å². The van der Waals surface area contributed by atoms with Crippen LogP contribution in [0.1, 0.15) is 44.1 Å². The molecule has 0 bridgehead atoms. The van der Waals surface area contributed by atoms with Gasteiger partial charge in [0.2, 0.25) is 0 Å². The number of rotatable bonds is 8. The molecule has 2 unspecified atom stereocenters. The van der Waals surface area contributed by atoms with Crippen LogP contribution in [-0.4, -0.2) is 24.8 Å². The average Bonchev–Trinajstić information content (AvgIpc) is 2.36.